The van der Waals surface area contributed by atoms with Gasteiger partial charge < -0.3 is 14.2 Å². The molecule has 1 saturated heterocycles. The minimum atomic E-state index is -0.514. The highest BCUT2D eigenvalue weighted by Crippen LogP contribution is 2.21. The minimum Gasteiger partial charge on any atom is -0.427 e. The second-order valence-corrected chi connectivity index (χ2v) is 8.29. The van der Waals surface area contributed by atoms with Crippen LogP contribution in [-0.2, 0) is 6.42 Å². The molecule has 1 aliphatic rings. The van der Waals surface area contributed by atoms with Crippen molar-refractivity contribution in [2.24, 2.45) is 5.92 Å². The van der Waals surface area contributed by atoms with E-state index in [1.807, 2.05) is 32.2 Å². The van der Waals surface area contributed by atoms with Gasteiger partial charge in [-0.1, -0.05) is 13.8 Å². The summed E-state index contributed by atoms with van der Waals surface area (Å²) in [5.41, 5.74) is 2.64. The van der Waals surface area contributed by atoms with Crippen LogP contribution in [0.3, 0.4) is 0 Å². The van der Waals surface area contributed by atoms with Gasteiger partial charge in [0, 0.05) is 50.7 Å². The molecule has 2 aromatic heterocycles. The molecule has 0 spiro atoms. The van der Waals surface area contributed by atoms with E-state index in [1.165, 1.54) is 0 Å². The van der Waals surface area contributed by atoms with Gasteiger partial charge in [0.2, 0.25) is 0 Å². The van der Waals surface area contributed by atoms with Crippen LogP contribution in [0.4, 0.5) is 5.69 Å². The Morgan fingerprint density at radius 2 is 1.97 bits per heavy atom. The number of rotatable bonds is 5. The number of amides is 1. The number of nitrogens with zero attached hydrogens (tertiary/aromatic N) is 3. The van der Waals surface area contributed by atoms with Crippen molar-refractivity contribution in [2.75, 3.05) is 31.1 Å². The molecule has 6 heteroatoms. The van der Waals surface area contributed by atoms with E-state index in [0.29, 0.717) is 36.8 Å². The average molecular weight is 398 g/mol. The molecule has 0 bridgehead atoms. The Labute approximate surface area is 172 Å². The second kappa shape index (κ2) is 9.25. The maximum absolute atomic E-state index is 13.1. The molecule has 0 saturated carbocycles. The predicted molar refractivity (Wildman–Crippen MR) is 115 cm³/mol. The summed E-state index contributed by atoms with van der Waals surface area (Å²) in [6.07, 6.45) is 6.17. The molecule has 1 aliphatic heterocycles. The molecule has 6 nitrogen and oxygen atoms in total. The molecule has 156 valence electrons. The number of aromatic nitrogens is 1. The zero-order chi connectivity index (χ0) is 21.0. The molecule has 3 rings (SSSR count). The van der Waals surface area contributed by atoms with Gasteiger partial charge in [0.25, 0.3) is 5.91 Å². The van der Waals surface area contributed by atoms with E-state index in [1.54, 1.807) is 11.1 Å². The second-order valence-electron chi connectivity index (χ2n) is 8.29. The number of pyridine rings is 1. The molecule has 1 amide bonds. The van der Waals surface area contributed by atoms with E-state index >= 15 is 0 Å². The molecule has 0 radical (unpaired) electrons. The molecule has 0 aliphatic carbocycles. The van der Waals surface area contributed by atoms with Crippen molar-refractivity contribution in [3.8, 4) is 0 Å². The van der Waals surface area contributed by atoms with Crippen LogP contribution in [0.5, 0.6) is 0 Å². The summed E-state index contributed by atoms with van der Waals surface area (Å²) in [4.78, 5) is 33.9. The molecule has 0 atom stereocenters. The van der Waals surface area contributed by atoms with Gasteiger partial charge in [0.05, 0.1) is 0 Å². The summed E-state index contributed by atoms with van der Waals surface area (Å²) in [5.74, 6) is 0.971. The van der Waals surface area contributed by atoms with E-state index in [9.17, 15) is 9.59 Å². The molecule has 3 heterocycles. The summed E-state index contributed by atoms with van der Waals surface area (Å²) in [5, 5.41) is 0. The molecule has 0 N–H and O–H groups in total. The van der Waals surface area contributed by atoms with Crippen LogP contribution in [0.2, 0.25) is 0 Å². The largest absolute Gasteiger partial charge is 0.427 e. The van der Waals surface area contributed by atoms with E-state index in [-0.39, 0.29) is 11.5 Å². The standard InChI is InChI=1S/C23H31N3O3/c1-16(2)6-7-19-14-17(3)21(23(28)29-19)22(27)26-11-5-10-25(12-13-26)20-8-9-24-15-18(20)4/h8-9,14-16H,5-7,10-13H2,1-4H3. The Balaban J connectivity index is 1.74. The third kappa shape index (κ3) is 5.05. The third-order valence-corrected chi connectivity index (χ3v) is 5.50. The molecule has 1 fully saturated rings. The van der Waals surface area contributed by atoms with Gasteiger partial charge in [-0.2, -0.15) is 0 Å². The van der Waals surface area contributed by atoms with Crippen LogP contribution in [0, 0.1) is 19.8 Å². The first kappa shape index (κ1) is 21.1. The number of carbonyl (C=O) groups is 1. The fraction of sp³-hybridized carbons (Fsp3) is 0.522. The number of aryl methyl sites for hydroxylation is 3. The van der Waals surface area contributed by atoms with Crippen molar-refractivity contribution < 1.29 is 9.21 Å². The predicted octanol–water partition coefficient (Wildman–Crippen LogP) is 3.59. The van der Waals surface area contributed by atoms with Crippen molar-refractivity contribution in [1.82, 2.24) is 9.88 Å². The van der Waals surface area contributed by atoms with Gasteiger partial charge in [0.15, 0.2) is 0 Å². The summed E-state index contributed by atoms with van der Waals surface area (Å²) in [6, 6.07) is 3.86. The number of anilines is 1. The maximum Gasteiger partial charge on any atom is 0.349 e. The van der Waals surface area contributed by atoms with Crippen LogP contribution in [0.25, 0.3) is 0 Å². The van der Waals surface area contributed by atoms with Gasteiger partial charge in [-0.25, -0.2) is 4.79 Å². The fourth-order valence-corrected chi connectivity index (χ4v) is 3.82. The Bertz CT molecular complexity index is 920. The highest BCUT2D eigenvalue weighted by molar-refractivity contribution is 5.95. The first-order valence-corrected chi connectivity index (χ1v) is 10.4. The molecule has 29 heavy (non-hydrogen) atoms. The Morgan fingerprint density at radius 1 is 1.17 bits per heavy atom. The van der Waals surface area contributed by atoms with Gasteiger partial charge in [-0.15, -0.1) is 0 Å². The summed E-state index contributed by atoms with van der Waals surface area (Å²) in [6.45, 7) is 11.0. The smallest absolute Gasteiger partial charge is 0.349 e. The van der Waals surface area contributed by atoms with Gasteiger partial charge in [-0.3, -0.25) is 9.78 Å². The Morgan fingerprint density at radius 3 is 2.66 bits per heavy atom. The quantitative estimate of drug-likeness (QED) is 0.771. The Hall–Kier alpha value is -2.63. The van der Waals surface area contributed by atoms with Crippen molar-refractivity contribution in [1.29, 1.82) is 0 Å². The Kier molecular flexibility index (Phi) is 6.72. The van der Waals surface area contributed by atoms with Crippen LogP contribution in [0.15, 0.2) is 33.7 Å². The third-order valence-electron chi connectivity index (χ3n) is 5.50. The van der Waals surface area contributed by atoms with Crippen molar-refractivity contribution >= 4 is 11.6 Å². The lowest BCUT2D eigenvalue weighted by Gasteiger charge is -2.25. The van der Waals surface area contributed by atoms with Gasteiger partial charge >= 0.3 is 5.63 Å². The summed E-state index contributed by atoms with van der Waals surface area (Å²) in [7, 11) is 0. The highest BCUT2D eigenvalue weighted by Gasteiger charge is 2.25. The lowest BCUT2D eigenvalue weighted by atomic mass is 10.0. The van der Waals surface area contributed by atoms with Crippen LogP contribution in [-0.4, -0.2) is 42.0 Å². The van der Waals surface area contributed by atoms with E-state index in [0.717, 1.165) is 37.2 Å². The van der Waals surface area contributed by atoms with E-state index < -0.39 is 5.63 Å². The van der Waals surface area contributed by atoms with Crippen LogP contribution in [0.1, 0.15) is 53.9 Å². The molecule has 0 aromatic carbocycles. The average Bonchev–Trinajstić information content (AvgIpc) is 2.92. The zero-order valence-corrected chi connectivity index (χ0v) is 17.9. The SMILES string of the molecule is Cc1cnccc1N1CCCN(C(=O)c2c(C)cc(CCC(C)C)oc2=O)CC1. The first-order valence-electron chi connectivity index (χ1n) is 10.4. The molecular formula is C23H31N3O3. The van der Waals surface area contributed by atoms with Crippen molar-refractivity contribution in [3.05, 3.63) is 57.4 Å². The lowest BCUT2D eigenvalue weighted by Crippen LogP contribution is -2.38. The zero-order valence-electron chi connectivity index (χ0n) is 17.9. The fourth-order valence-electron chi connectivity index (χ4n) is 3.82. The van der Waals surface area contributed by atoms with E-state index in [4.69, 9.17) is 4.42 Å². The monoisotopic (exact) mass is 397 g/mol. The number of hydrogen-bond acceptors (Lipinski definition) is 5. The van der Waals surface area contributed by atoms with E-state index in [2.05, 4.69) is 23.7 Å². The van der Waals surface area contributed by atoms with Gasteiger partial charge in [-0.05, 0) is 55.9 Å². The van der Waals surface area contributed by atoms with Crippen LogP contribution >= 0.6 is 0 Å². The molecular weight excluding hydrogens is 366 g/mol. The minimum absolute atomic E-state index is 0.173. The summed E-state index contributed by atoms with van der Waals surface area (Å²) >= 11 is 0. The molecule has 0 unspecified atom stereocenters. The lowest BCUT2D eigenvalue weighted by molar-refractivity contribution is 0.0761. The van der Waals surface area contributed by atoms with Crippen molar-refractivity contribution in [2.45, 2.75) is 47.0 Å². The normalized spacial score (nSPS) is 14.9. The summed E-state index contributed by atoms with van der Waals surface area (Å²) < 4.78 is 5.47. The van der Waals surface area contributed by atoms with Gasteiger partial charge in [0.1, 0.15) is 11.3 Å². The van der Waals surface area contributed by atoms with Crippen LogP contribution < -0.4 is 10.5 Å². The number of hydrogen-bond donors (Lipinski definition) is 0. The number of carbonyl (C=O) groups excluding carboxylic acids is 1. The molecule has 2 aromatic rings. The first-order chi connectivity index (χ1) is 13.9. The topological polar surface area (TPSA) is 66.7 Å². The van der Waals surface area contributed by atoms with Crippen molar-refractivity contribution in [3.63, 3.8) is 0 Å². The maximum atomic E-state index is 13.1. The highest BCUT2D eigenvalue weighted by atomic mass is 16.4.